The summed E-state index contributed by atoms with van der Waals surface area (Å²) >= 11 is 1.55. The first kappa shape index (κ1) is 18.1. The third kappa shape index (κ3) is 4.20. The van der Waals surface area contributed by atoms with E-state index in [0.717, 1.165) is 22.0 Å². The van der Waals surface area contributed by atoms with E-state index in [1.54, 1.807) is 11.9 Å². The number of hydrogen-bond donors (Lipinski definition) is 1. The molecule has 0 aliphatic heterocycles. The van der Waals surface area contributed by atoms with E-state index >= 15 is 0 Å². The molecule has 0 bridgehead atoms. The van der Waals surface area contributed by atoms with Gasteiger partial charge in [0.1, 0.15) is 5.76 Å². The van der Waals surface area contributed by atoms with Crippen molar-refractivity contribution < 1.29 is 4.52 Å². The maximum atomic E-state index is 5.19. The second kappa shape index (κ2) is 8.60. The Balaban J connectivity index is 0.00000100. The summed E-state index contributed by atoms with van der Waals surface area (Å²) < 4.78 is 8.47. The van der Waals surface area contributed by atoms with E-state index in [1.807, 2.05) is 33.8 Å². The van der Waals surface area contributed by atoms with E-state index in [-0.39, 0.29) is 0 Å². The van der Waals surface area contributed by atoms with E-state index in [0.29, 0.717) is 0 Å². The van der Waals surface area contributed by atoms with Crippen LogP contribution in [0.25, 0.3) is 11.1 Å². The summed E-state index contributed by atoms with van der Waals surface area (Å²) in [6.45, 7) is 10.0. The lowest BCUT2D eigenvalue weighted by atomic mass is 10.0. The van der Waals surface area contributed by atoms with E-state index in [4.69, 9.17) is 4.52 Å². The molecule has 0 aliphatic carbocycles. The van der Waals surface area contributed by atoms with Crippen LogP contribution in [0.2, 0.25) is 0 Å². The molecule has 0 saturated heterocycles. The largest absolute Gasteiger partial charge is 0.359 e. The lowest BCUT2D eigenvalue weighted by Crippen LogP contribution is -1.91. The second-order valence-corrected chi connectivity index (χ2v) is 6.13. The quantitative estimate of drug-likeness (QED) is 0.557. The molecule has 3 nitrogen and oxygen atoms in total. The molecule has 3 aromatic rings. The highest BCUT2D eigenvalue weighted by Crippen LogP contribution is 2.32. The number of aromatic nitrogens is 1. The van der Waals surface area contributed by atoms with Crippen molar-refractivity contribution in [3.05, 3.63) is 65.4 Å². The zero-order chi connectivity index (χ0) is 17.5. The van der Waals surface area contributed by atoms with E-state index in [2.05, 4.69) is 59.3 Å². The molecule has 0 radical (unpaired) electrons. The molecule has 24 heavy (non-hydrogen) atoms. The molecule has 1 N–H and O–H groups in total. The van der Waals surface area contributed by atoms with E-state index < -0.39 is 0 Å². The molecule has 126 valence electrons. The molecule has 0 unspecified atom stereocenters. The van der Waals surface area contributed by atoms with Crippen LogP contribution in [-0.4, -0.2) is 5.16 Å². The van der Waals surface area contributed by atoms with E-state index in [9.17, 15) is 0 Å². The van der Waals surface area contributed by atoms with Crippen molar-refractivity contribution in [3.63, 3.8) is 0 Å². The Labute approximate surface area is 148 Å². The molecule has 3 rings (SSSR count). The minimum atomic E-state index is 0.779. The third-order valence-corrected chi connectivity index (χ3v) is 4.54. The van der Waals surface area contributed by atoms with Crippen LogP contribution in [0.3, 0.4) is 0 Å². The molecular weight excluding hydrogens is 316 g/mol. The zero-order valence-corrected chi connectivity index (χ0v) is 15.7. The average Bonchev–Trinajstić information content (AvgIpc) is 2.95. The summed E-state index contributed by atoms with van der Waals surface area (Å²) in [7, 11) is 0. The Bertz CT molecular complexity index is 779. The standard InChI is InChI=1S/C18H18N2OS.C2H6/c1-12-8-10-15(11-9-12)16-6-4-5-7-17(16)22-20-18-13(2)14(3)21-19-18;1-2/h4-11H,1-3H3,(H,19,20);1-2H3. The monoisotopic (exact) mass is 340 g/mol. The van der Waals surface area contributed by atoms with Gasteiger partial charge in [-0.15, -0.1) is 0 Å². The van der Waals surface area contributed by atoms with Crippen molar-refractivity contribution in [2.24, 2.45) is 0 Å². The van der Waals surface area contributed by atoms with Gasteiger partial charge in [-0.25, -0.2) is 0 Å². The third-order valence-electron chi connectivity index (χ3n) is 3.66. The van der Waals surface area contributed by atoms with Crippen molar-refractivity contribution in [2.45, 2.75) is 39.5 Å². The number of benzene rings is 2. The van der Waals surface area contributed by atoms with Crippen LogP contribution in [0, 0.1) is 20.8 Å². The van der Waals surface area contributed by atoms with E-state index in [1.165, 1.54) is 16.7 Å². The molecule has 0 aliphatic rings. The van der Waals surface area contributed by atoms with Gasteiger partial charge >= 0.3 is 0 Å². The summed E-state index contributed by atoms with van der Waals surface area (Å²) in [5, 5.41) is 4.04. The first-order chi connectivity index (χ1) is 11.6. The van der Waals surface area contributed by atoms with Crippen molar-refractivity contribution in [1.82, 2.24) is 5.16 Å². The first-order valence-electron chi connectivity index (χ1n) is 8.17. The molecule has 0 atom stereocenters. The Morgan fingerprint density at radius 2 is 1.58 bits per heavy atom. The van der Waals surface area contributed by atoms with Crippen molar-refractivity contribution in [2.75, 3.05) is 4.72 Å². The molecule has 1 aromatic heterocycles. The van der Waals surface area contributed by atoms with Crippen molar-refractivity contribution in [3.8, 4) is 11.1 Å². The van der Waals surface area contributed by atoms with Gasteiger partial charge in [0.25, 0.3) is 0 Å². The highest BCUT2D eigenvalue weighted by atomic mass is 32.2. The predicted molar refractivity (Wildman–Crippen MR) is 103 cm³/mol. The fourth-order valence-corrected chi connectivity index (χ4v) is 2.98. The fourth-order valence-electron chi connectivity index (χ4n) is 2.14. The predicted octanol–water partition coefficient (Wildman–Crippen LogP) is 6.41. The normalized spacial score (nSPS) is 10.0. The molecule has 0 fully saturated rings. The first-order valence-corrected chi connectivity index (χ1v) is 8.98. The number of hydrogen-bond acceptors (Lipinski definition) is 4. The smallest absolute Gasteiger partial charge is 0.182 e. The number of nitrogens with one attached hydrogen (secondary N) is 1. The molecule has 4 heteroatoms. The number of rotatable bonds is 4. The Hall–Kier alpha value is -2.20. The highest BCUT2D eigenvalue weighted by Gasteiger charge is 2.10. The van der Waals surface area contributed by atoms with Crippen LogP contribution in [0.5, 0.6) is 0 Å². The fraction of sp³-hybridized carbons (Fsp3) is 0.250. The van der Waals surface area contributed by atoms with Crippen LogP contribution in [0.15, 0.2) is 57.9 Å². The van der Waals surface area contributed by atoms with Gasteiger partial charge < -0.3 is 9.25 Å². The minimum absolute atomic E-state index is 0.779. The molecule has 0 spiro atoms. The zero-order valence-electron chi connectivity index (χ0n) is 14.9. The molecule has 0 saturated carbocycles. The van der Waals surface area contributed by atoms with Crippen molar-refractivity contribution in [1.29, 1.82) is 0 Å². The maximum absolute atomic E-state index is 5.19. The minimum Gasteiger partial charge on any atom is -0.359 e. The molecule has 2 aromatic carbocycles. The number of aryl methyl sites for hydroxylation is 2. The van der Waals surface area contributed by atoms with Crippen LogP contribution < -0.4 is 4.72 Å². The molecule has 1 heterocycles. The van der Waals surface area contributed by atoms with Gasteiger partial charge in [0.2, 0.25) is 0 Å². The number of anilines is 1. The highest BCUT2D eigenvalue weighted by molar-refractivity contribution is 8.00. The second-order valence-electron chi connectivity index (χ2n) is 5.28. The lowest BCUT2D eigenvalue weighted by Gasteiger charge is -2.10. The van der Waals surface area contributed by atoms with Gasteiger partial charge in [0.05, 0.1) is 0 Å². The van der Waals surface area contributed by atoms with Crippen LogP contribution in [-0.2, 0) is 0 Å². The number of nitrogens with zero attached hydrogens (tertiary/aromatic N) is 1. The van der Waals surface area contributed by atoms with Gasteiger partial charge in [-0.1, -0.05) is 67.0 Å². The van der Waals surface area contributed by atoms with Gasteiger partial charge in [-0.2, -0.15) is 0 Å². The van der Waals surface area contributed by atoms with Crippen LogP contribution >= 0.6 is 11.9 Å². The Morgan fingerprint density at radius 1 is 0.917 bits per heavy atom. The SMILES string of the molecule is CC.Cc1ccc(-c2ccccc2SNc2noc(C)c2C)cc1. The maximum Gasteiger partial charge on any atom is 0.182 e. The van der Waals surface area contributed by atoms with Crippen LogP contribution in [0.1, 0.15) is 30.7 Å². The summed E-state index contributed by atoms with van der Waals surface area (Å²) in [5.41, 5.74) is 4.72. The van der Waals surface area contributed by atoms with Gasteiger partial charge in [0, 0.05) is 10.5 Å². The van der Waals surface area contributed by atoms with Gasteiger partial charge in [0.15, 0.2) is 5.82 Å². The lowest BCUT2D eigenvalue weighted by molar-refractivity contribution is 0.399. The van der Waals surface area contributed by atoms with Gasteiger partial charge in [-0.3, -0.25) is 0 Å². The summed E-state index contributed by atoms with van der Waals surface area (Å²) in [5.74, 6) is 1.62. The Kier molecular flexibility index (Phi) is 6.50. The summed E-state index contributed by atoms with van der Waals surface area (Å²) in [6, 6.07) is 16.9. The molecule has 0 amide bonds. The Morgan fingerprint density at radius 3 is 2.21 bits per heavy atom. The van der Waals surface area contributed by atoms with Crippen LogP contribution in [0.4, 0.5) is 5.82 Å². The molecular formula is C20H24N2OS. The van der Waals surface area contributed by atoms with Gasteiger partial charge in [-0.05, 0) is 49.9 Å². The topological polar surface area (TPSA) is 38.1 Å². The summed E-state index contributed by atoms with van der Waals surface area (Å²) in [6.07, 6.45) is 0. The van der Waals surface area contributed by atoms with Crippen molar-refractivity contribution >= 4 is 17.8 Å². The average molecular weight is 340 g/mol. The summed E-state index contributed by atoms with van der Waals surface area (Å²) in [4.78, 5) is 1.16.